The number of nitrogens with zero attached hydrogens (tertiary/aromatic N) is 4. The molecule has 1 saturated carbocycles. The summed E-state index contributed by atoms with van der Waals surface area (Å²) in [5, 5.41) is 7.36. The maximum Gasteiger partial charge on any atom is 0.268 e. The van der Waals surface area contributed by atoms with Crippen LogP contribution in [0.15, 0.2) is 59.9 Å². The van der Waals surface area contributed by atoms with Crippen LogP contribution >= 0.6 is 0 Å². The molecule has 41 heavy (non-hydrogen) atoms. The highest BCUT2D eigenvalue weighted by Crippen LogP contribution is 2.39. The average molecular weight is 582 g/mol. The third kappa shape index (κ3) is 5.69. The van der Waals surface area contributed by atoms with E-state index in [1.807, 2.05) is 13.0 Å². The van der Waals surface area contributed by atoms with Gasteiger partial charge in [-0.1, -0.05) is 0 Å². The molecule has 2 aromatic carbocycles. The van der Waals surface area contributed by atoms with Crippen LogP contribution in [-0.2, 0) is 16.6 Å². The van der Waals surface area contributed by atoms with Crippen LogP contribution in [0.1, 0.15) is 47.7 Å². The van der Waals surface area contributed by atoms with Crippen LogP contribution in [0.25, 0.3) is 0 Å². The monoisotopic (exact) mass is 581 g/mol. The second-order valence-electron chi connectivity index (χ2n) is 9.93. The summed E-state index contributed by atoms with van der Waals surface area (Å²) in [4.78, 5) is 7.56. The van der Waals surface area contributed by atoms with Crippen LogP contribution < -0.4 is 18.5 Å². The standard InChI is InChI=1S/C29H32FN5O5S/c1-18-14-23(34-33-18)22-6-5-7-25(22)40-24-10-11-27(29(30)19(24)2)41(36,37)35(28-12-13-31-17-32-28)16-20-8-9-21(38-3)15-26(20)39-4/h8-15,17,22,25H,5-7,16H2,1-4H3,(H,33,34)/t22-,25+/m1/s1. The number of hydrogen-bond donors (Lipinski definition) is 1. The quantitative estimate of drug-likeness (QED) is 0.275. The molecule has 5 rings (SSSR count). The minimum atomic E-state index is -4.43. The van der Waals surface area contributed by atoms with Gasteiger partial charge in [-0.3, -0.25) is 5.10 Å². The summed E-state index contributed by atoms with van der Waals surface area (Å²) in [5.41, 5.74) is 2.52. The number of sulfonamides is 1. The van der Waals surface area contributed by atoms with Gasteiger partial charge >= 0.3 is 0 Å². The van der Waals surface area contributed by atoms with Gasteiger partial charge in [-0.05, 0) is 63.4 Å². The molecule has 0 unspecified atom stereocenters. The Labute approximate surface area is 238 Å². The molecular formula is C29H32FN5O5S. The van der Waals surface area contributed by atoms with E-state index in [0.29, 0.717) is 22.8 Å². The van der Waals surface area contributed by atoms with Crippen molar-refractivity contribution in [1.29, 1.82) is 0 Å². The molecule has 2 aromatic heterocycles. The summed E-state index contributed by atoms with van der Waals surface area (Å²) in [7, 11) is -1.43. The average Bonchev–Trinajstić information content (AvgIpc) is 3.62. The van der Waals surface area contributed by atoms with Crippen molar-refractivity contribution in [2.45, 2.75) is 56.6 Å². The van der Waals surface area contributed by atoms with Crippen LogP contribution in [0, 0.1) is 19.7 Å². The first kappa shape index (κ1) is 28.3. The van der Waals surface area contributed by atoms with E-state index in [0.717, 1.165) is 35.0 Å². The molecule has 0 amide bonds. The molecule has 216 valence electrons. The summed E-state index contributed by atoms with van der Waals surface area (Å²) >= 11 is 0. The molecule has 0 aliphatic heterocycles. The lowest BCUT2D eigenvalue weighted by molar-refractivity contribution is 0.186. The zero-order valence-corrected chi connectivity index (χ0v) is 24.1. The molecule has 2 heterocycles. The molecule has 0 bridgehead atoms. The van der Waals surface area contributed by atoms with Crippen molar-refractivity contribution in [1.82, 2.24) is 20.2 Å². The topological polar surface area (TPSA) is 120 Å². The van der Waals surface area contributed by atoms with E-state index in [9.17, 15) is 8.42 Å². The summed E-state index contributed by atoms with van der Waals surface area (Å²) in [6.07, 6.45) is 5.12. The number of halogens is 1. The molecular weight excluding hydrogens is 549 g/mol. The largest absolute Gasteiger partial charge is 0.497 e. The number of H-pyrrole nitrogens is 1. The van der Waals surface area contributed by atoms with Crippen molar-refractivity contribution in [3.63, 3.8) is 0 Å². The van der Waals surface area contributed by atoms with Crippen LogP contribution in [0.3, 0.4) is 0 Å². The molecule has 0 radical (unpaired) electrons. The van der Waals surface area contributed by atoms with Gasteiger partial charge < -0.3 is 14.2 Å². The van der Waals surface area contributed by atoms with E-state index in [1.54, 1.807) is 18.2 Å². The van der Waals surface area contributed by atoms with E-state index >= 15 is 4.39 Å². The van der Waals surface area contributed by atoms with Gasteiger partial charge in [0.2, 0.25) is 0 Å². The predicted octanol–water partition coefficient (Wildman–Crippen LogP) is 5.08. The molecule has 1 aliphatic rings. The van der Waals surface area contributed by atoms with Crippen molar-refractivity contribution < 1.29 is 27.0 Å². The molecule has 12 heteroatoms. The molecule has 10 nitrogen and oxygen atoms in total. The summed E-state index contributed by atoms with van der Waals surface area (Å²) in [5.74, 6) is 0.532. The van der Waals surface area contributed by atoms with Gasteiger partial charge in [0.15, 0.2) is 0 Å². The zero-order valence-electron chi connectivity index (χ0n) is 23.3. The number of benzene rings is 2. The molecule has 1 fully saturated rings. The lowest BCUT2D eigenvalue weighted by Crippen LogP contribution is -2.32. The number of ether oxygens (including phenoxy) is 3. The van der Waals surface area contributed by atoms with Crippen molar-refractivity contribution >= 4 is 15.8 Å². The van der Waals surface area contributed by atoms with Gasteiger partial charge in [0, 0.05) is 41.1 Å². The molecule has 1 aliphatic carbocycles. The fourth-order valence-corrected chi connectivity index (χ4v) is 6.66. The number of aryl methyl sites for hydroxylation is 1. The number of anilines is 1. The van der Waals surface area contributed by atoms with Crippen LogP contribution in [0.2, 0.25) is 0 Å². The van der Waals surface area contributed by atoms with Crippen molar-refractivity contribution in [3.05, 3.63) is 83.3 Å². The second-order valence-corrected chi connectivity index (χ2v) is 11.8. The van der Waals surface area contributed by atoms with Crippen molar-refractivity contribution in [3.8, 4) is 17.2 Å². The Balaban J connectivity index is 1.48. The van der Waals surface area contributed by atoms with Crippen molar-refractivity contribution in [2.75, 3.05) is 18.5 Å². The highest BCUT2D eigenvalue weighted by Gasteiger charge is 2.35. The van der Waals surface area contributed by atoms with E-state index in [4.69, 9.17) is 14.2 Å². The van der Waals surface area contributed by atoms with Crippen molar-refractivity contribution in [2.24, 2.45) is 0 Å². The van der Waals surface area contributed by atoms with E-state index in [2.05, 4.69) is 20.2 Å². The van der Waals surface area contributed by atoms with Gasteiger partial charge in [-0.2, -0.15) is 5.10 Å². The third-order valence-electron chi connectivity index (χ3n) is 7.34. The highest BCUT2D eigenvalue weighted by molar-refractivity contribution is 7.92. The van der Waals surface area contributed by atoms with Gasteiger partial charge in [-0.25, -0.2) is 27.1 Å². The van der Waals surface area contributed by atoms with E-state index in [-0.39, 0.29) is 29.9 Å². The van der Waals surface area contributed by atoms with Crippen LogP contribution in [-0.4, -0.2) is 48.9 Å². The Morgan fingerprint density at radius 2 is 1.88 bits per heavy atom. The number of rotatable bonds is 10. The van der Waals surface area contributed by atoms with E-state index < -0.39 is 20.7 Å². The first-order valence-corrected chi connectivity index (χ1v) is 14.6. The van der Waals surface area contributed by atoms with Gasteiger partial charge in [0.1, 0.15) is 46.2 Å². The second kappa shape index (κ2) is 11.7. The highest BCUT2D eigenvalue weighted by atomic mass is 32.2. The number of nitrogens with one attached hydrogen (secondary N) is 1. The number of hydrogen-bond acceptors (Lipinski definition) is 8. The molecule has 0 saturated heterocycles. The normalized spacial score (nSPS) is 16.9. The minimum absolute atomic E-state index is 0.0681. The van der Waals surface area contributed by atoms with Crippen LogP contribution in [0.5, 0.6) is 17.2 Å². The summed E-state index contributed by atoms with van der Waals surface area (Å²) < 4.78 is 62.0. The number of methoxy groups -OCH3 is 2. The fraction of sp³-hybridized carbons (Fsp3) is 0.345. The Hall–Kier alpha value is -4.19. The Morgan fingerprint density at radius 1 is 1.05 bits per heavy atom. The Bertz CT molecular complexity index is 1630. The lowest BCUT2D eigenvalue weighted by atomic mass is 10.0. The molecule has 0 spiro atoms. The maximum atomic E-state index is 15.9. The maximum absolute atomic E-state index is 15.9. The van der Waals surface area contributed by atoms with Crippen LogP contribution in [0.4, 0.5) is 10.2 Å². The smallest absolute Gasteiger partial charge is 0.268 e. The fourth-order valence-electron chi connectivity index (χ4n) is 5.14. The SMILES string of the molecule is COc1ccc(CN(c2ccncn2)S(=O)(=O)c2ccc(O[C@H]3CCC[C@@H]3c3cc(C)[nH]n3)c(C)c2F)c(OC)c1. The number of aromatic amines is 1. The van der Waals surface area contributed by atoms with E-state index in [1.165, 1.54) is 51.9 Å². The van der Waals surface area contributed by atoms with Gasteiger partial charge in [-0.15, -0.1) is 0 Å². The molecule has 4 aromatic rings. The summed E-state index contributed by atoms with van der Waals surface area (Å²) in [6, 6.07) is 11.2. The molecule has 1 N–H and O–H groups in total. The summed E-state index contributed by atoms with van der Waals surface area (Å²) in [6.45, 7) is 3.29. The predicted molar refractivity (Wildman–Crippen MR) is 150 cm³/mol. The van der Waals surface area contributed by atoms with Gasteiger partial charge in [0.25, 0.3) is 10.0 Å². The Morgan fingerprint density at radius 3 is 2.56 bits per heavy atom. The van der Waals surface area contributed by atoms with Gasteiger partial charge in [0.05, 0.1) is 26.5 Å². The Kier molecular flexibility index (Phi) is 8.11. The molecule has 2 atom stereocenters. The zero-order chi connectivity index (χ0) is 29.1. The first-order valence-electron chi connectivity index (χ1n) is 13.2. The first-order chi connectivity index (χ1) is 19.7. The minimum Gasteiger partial charge on any atom is -0.497 e. The lowest BCUT2D eigenvalue weighted by Gasteiger charge is -2.26. The third-order valence-corrected chi connectivity index (χ3v) is 9.10. The number of aromatic nitrogens is 4.